The van der Waals surface area contributed by atoms with Crippen LogP contribution in [0.25, 0.3) is 0 Å². The van der Waals surface area contributed by atoms with Crippen LogP contribution < -0.4 is 0 Å². The Balaban J connectivity index is 1.24. The first-order valence-electron chi connectivity index (χ1n) is 10.5. The number of hydrogen-bond acceptors (Lipinski definition) is 4. The van der Waals surface area contributed by atoms with Gasteiger partial charge in [0.2, 0.25) is 5.91 Å². The molecule has 0 radical (unpaired) electrons. The monoisotopic (exact) mass is 363 g/mol. The van der Waals surface area contributed by atoms with Gasteiger partial charge in [-0.2, -0.15) is 0 Å². The first-order valence-corrected chi connectivity index (χ1v) is 10.5. The van der Waals surface area contributed by atoms with Crippen LogP contribution in [0.1, 0.15) is 40.0 Å². The van der Waals surface area contributed by atoms with Gasteiger partial charge in [0.25, 0.3) is 0 Å². The van der Waals surface area contributed by atoms with Gasteiger partial charge in [-0.15, -0.1) is 0 Å². The topological polar surface area (TPSA) is 53.1 Å². The Kier molecular flexibility index (Phi) is 4.66. The zero-order valence-electron chi connectivity index (χ0n) is 16.4. The number of rotatable bonds is 5. The average molecular weight is 364 g/mol. The lowest BCUT2D eigenvalue weighted by Crippen LogP contribution is -2.57. The highest BCUT2D eigenvalue weighted by Crippen LogP contribution is 2.55. The van der Waals surface area contributed by atoms with Crippen molar-refractivity contribution in [3.8, 4) is 0 Å². The van der Waals surface area contributed by atoms with Gasteiger partial charge in [-0.05, 0) is 51.9 Å². The normalized spacial score (nSPS) is 34.5. The third-order valence-electron chi connectivity index (χ3n) is 7.35. The van der Waals surface area contributed by atoms with E-state index in [1.807, 2.05) is 16.7 Å². The fraction of sp³-hybridized carbons (Fsp3) is 0.900. The summed E-state index contributed by atoms with van der Waals surface area (Å²) in [5, 5.41) is 0. The van der Waals surface area contributed by atoms with Crippen molar-refractivity contribution in [2.75, 3.05) is 45.9 Å². The fourth-order valence-electron chi connectivity index (χ4n) is 5.85. The quantitative estimate of drug-likeness (QED) is 0.750. The highest BCUT2D eigenvalue weighted by atomic mass is 16.6. The van der Waals surface area contributed by atoms with Crippen molar-refractivity contribution in [1.29, 1.82) is 0 Å². The van der Waals surface area contributed by atoms with E-state index in [0.29, 0.717) is 41.7 Å². The molecule has 2 saturated carbocycles. The van der Waals surface area contributed by atoms with Gasteiger partial charge in [-0.25, -0.2) is 4.79 Å². The third kappa shape index (κ3) is 2.90. The molecule has 2 aliphatic carbocycles. The lowest BCUT2D eigenvalue weighted by Gasteiger charge is -2.47. The molecule has 4 rings (SSSR count). The van der Waals surface area contributed by atoms with E-state index < -0.39 is 0 Å². The highest BCUT2D eigenvalue weighted by Gasteiger charge is 2.62. The summed E-state index contributed by atoms with van der Waals surface area (Å²) in [6.07, 6.45) is 3.52. The summed E-state index contributed by atoms with van der Waals surface area (Å²) in [6, 6.07) is 0.649. The van der Waals surface area contributed by atoms with E-state index in [0.717, 1.165) is 39.3 Å². The average Bonchev–Trinajstić information content (AvgIpc) is 2.97. The second kappa shape index (κ2) is 6.70. The van der Waals surface area contributed by atoms with E-state index in [2.05, 4.69) is 18.7 Å². The van der Waals surface area contributed by atoms with Crippen LogP contribution in [0.3, 0.4) is 0 Å². The largest absolute Gasteiger partial charge is 0.450 e. The number of likely N-dealkylation sites (tertiary alicyclic amines) is 2. The molecule has 1 spiro atoms. The summed E-state index contributed by atoms with van der Waals surface area (Å²) in [5.74, 6) is 1.87. The summed E-state index contributed by atoms with van der Waals surface area (Å²) >= 11 is 0. The molecular formula is C20H33N3O3. The minimum atomic E-state index is -0.151. The molecule has 0 aromatic rings. The Morgan fingerprint density at radius 3 is 2.35 bits per heavy atom. The van der Waals surface area contributed by atoms with Crippen molar-refractivity contribution in [3.05, 3.63) is 0 Å². The second-order valence-corrected chi connectivity index (χ2v) is 8.77. The molecule has 0 aromatic carbocycles. The number of carbonyl (C=O) groups excluding carboxylic acids is 2. The Bertz CT molecular complexity index is 559. The maximum absolute atomic E-state index is 12.6. The molecule has 0 N–H and O–H groups in total. The number of carbonyl (C=O) groups is 2. The van der Waals surface area contributed by atoms with Gasteiger partial charge < -0.3 is 14.5 Å². The van der Waals surface area contributed by atoms with Crippen LogP contribution in [0.15, 0.2) is 0 Å². The second-order valence-electron chi connectivity index (χ2n) is 8.77. The van der Waals surface area contributed by atoms with Crippen LogP contribution >= 0.6 is 0 Å². The maximum atomic E-state index is 12.6. The Hall–Kier alpha value is -1.30. The summed E-state index contributed by atoms with van der Waals surface area (Å²) in [7, 11) is 0. The number of hydrogen-bond donors (Lipinski definition) is 0. The molecule has 2 unspecified atom stereocenters. The number of nitrogens with zero attached hydrogens (tertiary/aromatic N) is 3. The van der Waals surface area contributed by atoms with Gasteiger partial charge in [0.15, 0.2) is 0 Å². The lowest BCUT2D eigenvalue weighted by molar-refractivity contribution is -0.133. The van der Waals surface area contributed by atoms with E-state index in [9.17, 15) is 9.59 Å². The van der Waals surface area contributed by atoms with Gasteiger partial charge in [0.1, 0.15) is 0 Å². The SMILES string of the molecule is CCOC(=O)N1CC2(CCC(N3C[C@@H]4C(C(=O)N(CC)CC)[C@@H]4C3)C2)C1. The smallest absolute Gasteiger partial charge is 0.409 e. The van der Waals surface area contributed by atoms with Crippen molar-refractivity contribution < 1.29 is 14.3 Å². The van der Waals surface area contributed by atoms with E-state index in [1.54, 1.807) is 0 Å². The molecule has 2 saturated heterocycles. The lowest BCUT2D eigenvalue weighted by atomic mass is 9.78. The standard InChI is InChI=1S/C20H33N3O3/c1-4-21(5-2)18(24)17-15-10-22(11-16(15)17)14-7-8-20(9-14)12-23(13-20)19(25)26-6-3/h14-17H,4-13H2,1-3H3/t14?,15-,16+,17?. The zero-order chi connectivity index (χ0) is 18.5. The summed E-state index contributed by atoms with van der Waals surface area (Å²) in [4.78, 5) is 30.9. The van der Waals surface area contributed by atoms with E-state index in [4.69, 9.17) is 4.74 Å². The number of fused-ring (bicyclic) bond motifs is 1. The summed E-state index contributed by atoms with van der Waals surface area (Å²) < 4.78 is 5.11. The first kappa shape index (κ1) is 18.1. The van der Waals surface area contributed by atoms with Gasteiger partial charge in [-0.1, -0.05) is 0 Å². The molecule has 4 fully saturated rings. The molecule has 0 aromatic heterocycles. The zero-order valence-corrected chi connectivity index (χ0v) is 16.4. The van der Waals surface area contributed by atoms with Crippen molar-refractivity contribution in [2.45, 2.75) is 46.1 Å². The molecule has 2 heterocycles. The first-order chi connectivity index (χ1) is 12.5. The number of ether oxygens (including phenoxy) is 1. The van der Waals surface area contributed by atoms with Crippen LogP contribution in [0, 0.1) is 23.2 Å². The third-order valence-corrected chi connectivity index (χ3v) is 7.35. The van der Waals surface area contributed by atoms with Crippen molar-refractivity contribution >= 4 is 12.0 Å². The Morgan fingerprint density at radius 1 is 1.12 bits per heavy atom. The summed E-state index contributed by atoms with van der Waals surface area (Å²) in [5.41, 5.74) is 0.334. The predicted molar refractivity (Wildman–Crippen MR) is 98.6 cm³/mol. The number of piperidine rings is 1. The van der Waals surface area contributed by atoms with Crippen molar-refractivity contribution in [2.24, 2.45) is 23.2 Å². The molecule has 4 atom stereocenters. The molecular weight excluding hydrogens is 330 g/mol. The van der Waals surface area contributed by atoms with Gasteiger partial charge in [0, 0.05) is 56.6 Å². The van der Waals surface area contributed by atoms with Crippen LogP contribution in [-0.4, -0.2) is 78.6 Å². The van der Waals surface area contributed by atoms with Crippen LogP contribution in [0.5, 0.6) is 0 Å². The Morgan fingerprint density at radius 2 is 1.77 bits per heavy atom. The molecule has 26 heavy (non-hydrogen) atoms. The van der Waals surface area contributed by atoms with Gasteiger partial charge >= 0.3 is 6.09 Å². The minimum absolute atomic E-state index is 0.151. The molecule has 0 bridgehead atoms. The predicted octanol–water partition coefficient (Wildman–Crippen LogP) is 2.04. The van der Waals surface area contributed by atoms with E-state index >= 15 is 0 Å². The van der Waals surface area contributed by atoms with E-state index in [-0.39, 0.29) is 6.09 Å². The molecule has 146 valence electrons. The van der Waals surface area contributed by atoms with Gasteiger partial charge in [0.05, 0.1) is 6.61 Å². The number of amides is 2. The molecule has 6 heteroatoms. The Labute approximate surface area is 156 Å². The van der Waals surface area contributed by atoms with Crippen LogP contribution in [0.2, 0.25) is 0 Å². The molecule has 2 amide bonds. The van der Waals surface area contributed by atoms with Crippen molar-refractivity contribution in [3.63, 3.8) is 0 Å². The van der Waals surface area contributed by atoms with Crippen LogP contribution in [-0.2, 0) is 9.53 Å². The maximum Gasteiger partial charge on any atom is 0.409 e. The fourth-order valence-corrected chi connectivity index (χ4v) is 5.85. The highest BCUT2D eigenvalue weighted by molar-refractivity contribution is 5.82. The van der Waals surface area contributed by atoms with Crippen molar-refractivity contribution in [1.82, 2.24) is 14.7 Å². The van der Waals surface area contributed by atoms with Crippen LogP contribution in [0.4, 0.5) is 4.79 Å². The molecule has 6 nitrogen and oxygen atoms in total. The molecule has 4 aliphatic rings. The van der Waals surface area contributed by atoms with E-state index in [1.165, 1.54) is 19.3 Å². The molecule has 2 aliphatic heterocycles. The minimum Gasteiger partial charge on any atom is -0.450 e. The van der Waals surface area contributed by atoms with Gasteiger partial charge in [-0.3, -0.25) is 9.69 Å². The summed E-state index contributed by atoms with van der Waals surface area (Å²) in [6.45, 7) is 12.1.